The predicted molar refractivity (Wildman–Crippen MR) is 223 cm³/mol. The molecule has 0 N–H and O–H groups in total. The highest BCUT2D eigenvalue weighted by Crippen LogP contribution is 2.38. The molecular formula is C48H36N2O2S. The molecule has 0 fully saturated rings. The molecular weight excluding hydrogens is 669 g/mol. The second-order valence-corrected chi connectivity index (χ2v) is 13.4. The Labute approximate surface area is 312 Å². The fourth-order valence-corrected chi connectivity index (χ4v) is 7.61. The number of nitrogens with zero attached hydrogens (tertiary/aromatic N) is 2. The van der Waals surface area contributed by atoms with E-state index in [1.54, 1.807) is 0 Å². The second kappa shape index (κ2) is 15.0. The first-order valence-corrected chi connectivity index (χ1v) is 18.6. The molecule has 0 radical (unpaired) electrons. The molecule has 53 heavy (non-hydrogen) atoms. The zero-order valence-electron chi connectivity index (χ0n) is 29.4. The summed E-state index contributed by atoms with van der Waals surface area (Å²) in [5.74, 6) is 0. The Morgan fingerprint density at radius 1 is 0.491 bits per heavy atom. The van der Waals surface area contributed by atoms with E-state index < -0.39 is 5.63 Å². The normalized spacial score (nSPS) is 10.9. The lowest BCUT2D eigenvalue weighted by Crippen LogP contribution is -2.10. The van der Waals surface area contributed by atoms with Gasteiger partial charge in [-0.3, -0.25) is 0 Å². The number of anilines is 3. The number of hydrogen-bond acceptors (Lipinski definition) is 5. The van der Waals surface area contributed by atoms with Crippen molar-refractivity contribution in [3.05, 3.63) is 192 Å². The highest BCUT2D eigenvalue weighted by molar-refractivity contribution is 7.21. The van der Waals surface area contributed by atoms with E-state index in [4.69, 9.17) is 9.40 Å². The molecule has 0 aliphatic heterocycles. The lowest BCUT2D eigenvalue weighted by atomic mass is 9.93. The van der Waals surface area contributed by atoms with Gasteiger partial charge in [0.25, 0.3) is 0 Å². The second-order valence-electron chi connectivity index (χ2n) is 12.4. The third-order valence-corrected chi connectivity index (χ3v) is 10.2. The van der Waals surface area contributed by atoms with Crippen molar-refractivity contribution in [1.82, 2.24) is 4.98 Å². The van der Waals surface area contributed by atoms with Crippen molar-refractivity contribution in [1.29, 1.82) is 0 Å². The van der Waals surface area contributed by atoms with Gasteiger partial charge in [-0.2, -0.15) is 0 Å². The third-order valence-electron chi connectivity index (χ3n) is 9.11. The first kappa shape index (κ1) is 33.6. The van der Waals surface area contributed by atoms with Crippen molar-refractivity contribution in [2.24, 2.45) is 0 Å². The van der Waals surface area contributed by atoms with Crippen molar-refractivity contribution < 1.29 is 4.42 Å². The molecule has 0 saturated carbocycles. The van der Waals surface area contributed by atoms with Crippen molar-refractivity contribution >= 4 is 49.6 Å². The smallest absolute Gasteiger partial charge is 0.346 e. The van der Waals surface area contributed by atoms with Gasteiger partial charge in [0.15, 0.2) is 0 Å². The van der Waals surface area contributed by atoms with Gasteiger partial charge in [-0.05, 0) is 106 Å². The van der Waals surface area contributed by atoms with Crippen LogP contribution in [0.25, 0.3) is 65.1 Å². The Morgan fingerprint density at radius 2 is 1.02 bits per heavy atom. The summed E-state index contributed by atoms with van der Waals surface area (Å²) in [6, 6.07) is 62.2. The zero-order chi connectivity index (χ0) is 36.1. The fourth-order valence-electron chi connectivity index (χ4n) is 6.60. The van der Waals surface area contributed by atoms with E-state index in [9.17, 15) is 4.79 Å². The molecule has 2 aromatic heterocycles. The summed E-state index contributed by atoms with van der Waals surface area (Å²) in [6.45, 7) is 4.00. The Kier molecular flexibility index (Phi) is 9.48. The summed E-state index contributed by atoms with van der Waals surface area (Å²) in [6.07, 6.45) is 0. The molecule has 0 aliphatic carbocycles. The SMILES string of the molecule is CC.O=c1oc2cc(N(c3ccccc3)c3ccccc3)ccc2cc1-c1nc2ccc(-c3cc(-c4ccccc4)cc(-c4ccccc4)c3)cc2s1. The van der Waals surface area contributed by atoms with Gasteiger partial charge in [-0.1, -0.05) is 117 Å². The molecule has 0 aliphatic rings. The summed E-state index contributed by atoms with van der Waals surface area (Å²) < 4.78 is 7.00. The Hall–Kier alpha value is -6.56. The van der Waals surface area contributed by atoms with Crippen LogP contribution >= 0.6 is 11.3 Å². The maximum absolute atomic E-state index is 13.6. The quantitative estimate of drug-likeness (QED) is 0.155. The first-order chi connectivity index (χ1) is 26.2. The van der Waals surface area contributed by atoms with Crippen LogP contribution in [0.15, 0.2) is 191 Å². The summed E-state index contributed by atoms with van der Waals surface area (Å²) >= 11 is 1.51. The Balaban J connectivity index is 0.00000197. The van der Waals surface area contributed by atoms with Crippen molar-refractivity contribution in [2.75, 3.05) is 4.90 Å². The molecule has 7 aromatic carbocycles. The highest BCUT2D eigenvalue weighted by Gasteiger charge is 2.17. The van der Waals surface area contributed by atoms with E-state index in [1.807, 2.05) is 86.6 Å². The minimum atomic E-state index is -0.409. The average Bonchev–Trinajstić information content (AvgIpc) is 3.66. The van der Waals surface area contributed by atoms with Crippen molar-refractivity contribution in [3.8, 4) is 44.0 Å². The Morgan fingerprint density at radius 3 is 1.58 bits per heavy atom. The molecule has 9 aromatic rings. The van der Waals surface area contributed by atoms with E-state index in [0.29, 0.717) is 16.2 Å². The van der Waals surface area contributed by atoms with Crippen LogP contribution in [0.2, 0.25) is 0 Å². The van der Waals surface area contributed by atoms with Gasteiger partial charge in [0.2, 0.25) is 0 Å². The molecule has 0 saturated heterocycles. The van der Waals surface area contributed by atoms with Crippen molar-refractivity contribution in [3.63, 3.8) is 0 Å². The number of aromatic nitrogens is 1. The topological polar surface area (TPSA) is 46.3 Å². The highest BCUT2D eigenvalue weighted by atomic mass is 32.1. The number of fused-ring (bicyclic) bond motifs is 2. The van der Waals surface area contributed by atoms with E-state index >= 15 is 0 Å². The molecule has 256 valence electrons. The lowest BCUT2D eigenvalue weighted by molar-refractivity contribution is 0.563. The average molecular weight is 705 g/mol. The molecule has 0 amide bonds. The maximum Gasteiger partial charge on any atom is 0.346 e. The standard InChI is InChI=1S/C46H30N2O2S.C2H6/c49-46-41(28-34-21-23-40(30-43(34)50-46)48(38-17-9-3-10-18-38)39-19-11-4-12-20-39)45-47-42-24-22-33(29-44(42)51-45)37-26-35(31-13-5-1-6-14-31)25-36(27-37)32-15-7-2-8-16-32;1-2/h1-30H;1-2H3. The molecule has 0 spiro atoms. The minimum absolute atomic E-state index is 0.409. The zero-order valence-corrected chi connectivity index (χ0v) is 30.3. The predicted octanol–water partition coefficient (Wildman–Crippen LogP) is 13.6. The van der Waals surface area contributed by atoms with Gasteiger partial charge in [-0.25, -0.2) is 9.78 Å². The Bertz CT molecular complexity index is 2610. The van der Waals surface area contributed by atoms with Gasteiger partial charge >= 0.3 is 5.63 Å². The van der Waals surface area contributed by atoms with Crippen LogP contribution in [-0.2, 0) is 0 Å². The van der Waals surface area contributed by atoms with Gasteiger partial charge in [-0.15, -0.1) is 11.3 Å². The van der Waals surface area contributed by atoms with Gasteiger partial charge in [0, 0.05) is 28.5 Å². The number of hydrogen-bond donors (Lipinski definition) is 0. The molecule has 9 rings (SSSR count). The van der Waals surface area contributed by atoms with E-state index in [0.717, 1.165) is 54.9 Å². The molecule has 4 nitrogen and oxygen atoms in total. The van der Waals surface area contributed by atoms with Crippen molar-refractivity contribution in [2.45, 2.75) is 13.8 Å². The number of para-hydroxylation sites is 2. The minimum Gasteiger partial charge on any atom is -0.422 e. The largest absolute Gasteiger partial charge is 0.422 e. The molecule has 5 heteroatoms. The molecule has 0 unspecified atom stereocenters. The van der Waals surface area contributed by atoms with Gasteiger partial charge < -0.3 is 9.32 Å². The summed E-state index contributed by atoms with van der Waals surface area (Å²) in [5.41, 5.74) is 11.2. The van der Waals surface area contributed by atoms with Crippen LogP contribution in [0.1, 0.15) is 13.8 Å². The summed E-state index contributed by atoms with van der Waals surface area (Å²) in [4.78, 5) is 20.6. The monoisotopic (exact) mass is 704 g/mol. The van der Waals surface area contributed by atoms with E-state index in [2.05, 4.69) is 114 Å². The number of rotatable bonds is 7. The van der Waals surface area contributed by atoms with Gasteiger partial charge in [0.05, 0.1) is 15.8 Å². The third kappa shape index (κ3) is 6.90. The molecule has 2 heterocycles. The van der Waals surface area contributed by atoms with Crippen LogP contribution in [0.5, 0.6) is 0 Å². The molecule has 0 bridgehead atoms. The first-order valence-electron chi connectivity index (χ1n) is 17.8. The number of thiazole rings is 1. The number of benzene rings is 7. The van der Waals surface area contributed by atoms with Crippen LogP contribution in [0.3, 0.4) is 0 Å². The lowest BCUT2D eigenvalue weighted by Gasteiger charge is -2.25. The van der Waals surface area contributed by atoms with Gasteiger partial charge in [0.1, 0.15) is 10.6 Å². The molecule has 0 atom stereocenters. The maximum atomic E-state index is 13.6. The van der Waals surface area contributed by atoms with E-state index in [-0.39, 0.29) is 0 Å². The van der Waals surface area contributed by atoms with Crippen LogP contribution in [0.4, 0.5) is 17.1 Å². The summed E-state index contributed by atoms with van der Waals surface area (Å²) in [5, 5.41) is 1.47. The van der Waals surface area contributed by atoms with Crippen LogP contribution in [0, 0.1) is 0 Å². The van der Waals surface area contributed by atoms with Crippen LogP contribution < -0.4 is 10.5 Å². The van der Waals surface area contributed by atoms with E-state index in [1.165, 1.54) is 22.5 Å². The van der Waals surface area contributed by atoms with Crippen LogP contribution in [-0.4, -0.2) is 4.98 Å². The summed E-state index contributed by atoms with van der Waals surface area (Å²) in [7, 11) is 0. The fraction of sp³-hybridized carbons (Fsp3) is 0.0417.